The normalized spacial score (nSPS) is 11.1. The summed E-state index contributed by atoms with van der Waals surface area (Å²) in [7, 11) is -4.56. The molecule has 2 aromatic carbocycles. The van der Waals surface area contributed by atoms with E-state index in [2.05, 4.69) is 6.92 Å². The zero-order valence-electron chi connectivity index (χ0n) is 17.4. The molecule has 7 heteroatoms. The Morgan fingerprint density at radius 1 is 0.897 bits per heavy atom. The number of rotatable bonds is 12. The summed E-state index contributed by atoms with van der Waals surface area (Å²) < 4.78 is 38.1. The van der Waals surface area contributed by atoms with E-state index in [1.807, 2.05) is 18.2 Å². The van der Waals surface area contributed by atoms with Crippen LogP contribution >= 0.6 is 0 Å². The number of hydrogen-bond acceptors (Lipinski definition) is 4. The van der Waals surface area contributed by atoms with E-state index in [4.69, 9.17) is 4.74 Å². The van der Waals surface area contributed by atoms with Crippen LogP contribution in [0.2, 0.25) is 0 Å². The van der Waals surface area contributed by atoms with Crippen LogP contribution in [0.5, 0.6) is 17.2 Å². The first-order chi connectivity index (χ1) is 13.4. The van der Waals surface area contributed by atoms with Crippen molar-refractivity contribution in [3.8, 4) is 17.2 Å². The third-order valence-electron chi connectivity index (χ3n) is 4.71. The fraction of sp³-hybridized carbons (Fsp3) is 0.455. The molecule has 2 aromatic rings. The number of hydrogen-bond donors (Lipinski definition) is 1. The Hall–Kier alpha value is -1.05. The Morgan fingerprint density at radius 3 is 2.07 bits per heavy atom. The zero-order valence-corrected chi connectivity index (χ0v) is 20.2. The Kier molecular flexibility index (Phi) is 11.9. The molecule has 5 nitrogen and oxygen atoms in total. The molecule has 1 N–H and O–H groups in total. The Bertz CT molecular complexity index is 838. The van der Waals surface area contributed by atoms with Gasteiger partial charge in [0.25, 0.3) is 10.1 Å². The largest absolute Gasteiger partial charge is 1.00 e. The van der Waals surface area contributed by atoms with Crippen molar-refractivity contribution in [3.63, 3.8) is 0 Å². The smallest absolute Gasteiger partial charge is 0.871 e. The molecule has 0 radical (unpaired) electrons. The van der Waals surface area contributed by atoms with Crippen LogP contribution in [0.4, 0.5) is 0 Å². The molecule has 0 bridgehead atoms. The molecule has 0 aliphatic carbocycles. The van der Waals surface area contributed by atoms with Crippen LogP contribution in [-0.4, -0.2) is 13.0 Å². The van der Waals surface area contributed by atoms with Crippen LogP contribution < -0.4 is 39.4 Å². The summed E-state index contributed by atoms with van der Waals surface area (Å²) in [5, 5.41) is 12.6. The average molecular weight is 429 g/mol. The van der Waals surface area contributed by atoms with Gasteiger partial charge in [-0.15, -0.1) is 0 Å². The molecule has 0 atom stereocenters. The van der Waals surface area contributed by atoms with Gasteiger partial charge < -0.3 is 9.84 Å². The quantitative estimate of drug-likeness (QED) is 0.319. The summed E-state index contributed by atoms with van der Waals surface area (Å²) in [4.78, 5) is -0.595. The monoisotopic (exact) mass is 428 g/mol. The van der Waals surface area contributed by atoms with E-state index in [0.29, 0.717) is 23.5 Å². The summed E-state index contributed by atoms with van der Waals surface area (Å²) >= 11 is 0. The van der Waals surface area contributed by atoms with Crippen molar-refractivity contribution in [2.75, 3.05) is 0 Å². The third kappa shape index (κ3) is 8.69. The van der Waals surface area contributed by atoms with E-state index in [1.54, 1.807) is 12.1 Å². The maximum Gasteiger partial charge on any atom is 1.00 e. The van der Waals surface area contributed by atoms with Gasteiger partial charge in [0, 0.05) is 0 Å². The first-order valence-electron chi connectivity index (χ1n) is 9.96. The maximum atomic E-state index is 12.6. The summed E-state index contributed by atoms with van der Waals surface area (Å²) in [5.41, 5.74) is 0.296. The number of unbranched alkanes of at least 4 members (excludes halogenated alkanes) is 7. The Balaban J connectivity index is 0.00000420. The van der Waals surface area contributed by atoms with Crippen molar-refractivity contribution in [1.82, 2.24) is 0 Å². The molecule has 2 rings (SSSR count). The number of ether oxygens (including phenoxy) is 1. The van der Waals surface area contributed by atoms with E-state index < -0.39 is 20.8 Å². The molecule has 0 saturated carbocycles. The minimum atomic E-state index is -4.56. The average Bonchev–Trinajstić information content (AvgIpc) is 2.65. The molecule has 0 aromatic heterocycles. The minimum Gasteiger partial charge on any atom is -0.871 e. The zero-order chi connectivity index (χ0) is 20.4. The van der Waals surface area contributed by atoms with Gasteiger partial charge >= 0.3 is 29.6 Å². The molecule has 0 spiro atoms. The van der Waals surface area contributed by atoms with Gasteiger partial charge in [0.2, 0.25) is 0 Å². The summed E-state index contributed by atoms with van der Waals surface area (Å²) in [5.74, 6) is 0.226. The van der Waals surface area contributed by atoms with Crippen molar-refractivity contribution < 1.29 is 52.4 Å². The van der Waals surface area contributed by atoms with Gasteiger partial charge in [-0.2, -0.15) is 8.42 Å². The molecular weight excluding hydrogens is 399 g/mol. The second-order valence-corrected chi connectivity index (χ2v) is 8.37. The SMILES string of the molecule is CCCCCCCCCCc1c(Oc2ccccc2)ccc(S(=O)(=O)O)c1[O-].[Na+]. The number of benzene rings is 2. The van der Waals surface area contributed by atoms with Crippen molar-refractivity contribution in [1.29, 1.82) is 0 Å². The summed E-state index contributed by atoms with van der Waals surface area (Å²) in [6.45, 7) is 2.19. The summed E-state index contributed by atoms with van der Waals surface area (Å²) in [6.07, 6.45) is 9.37. The van der Waals surface area contributed by atoms with Crippen LogP contribution in [0, 0.1) is 0 Å². The van der Waals surface area contributed by atoms with Gasteiger partial charge in [-0.25, -0.2) is 0 Å². The molecule has 0 fully saturated rings. The van der Waals surface area contributed by atoms with Gasteiger partial charge in [0.05, 0.1) is 4.90 Å². The van der Waals surface area contributed by atoms with Crippen LogP contribution in [0.15, 0.2) is 47.4 Å². The van der Waals surface area contributed by atoms with E-state index in [-0.39, 0.29) is 29.6 Å². The van der Waals surface area contributed by atoms with Gasteiger partial charge in [0.1, 0.15) is 11.5 Å². The molecule has 154 valence electrons. The predicted molar refractivity (Wildman–Crippen MR) is 109 cm³/mol. The van der Waals surface area contributed by atoms with Crippen molar-refractivity contribution in [2.45, 2.75) is 69.6 Å². The van der Waals surface area contributed by atoms with Gasteiger partial charge in [-0.05, 0) is 42.7 Å². The van der Waals surface area contributed by atoms with Crippen molar-refractivity contribution in [3.05, 3.63) is 48.0 Å². The minimum absolute atomic E-state index is 0. The molecular formula is C22H29NaO5S. The van der Waals surface area contributed by atoms with Gasteiger partial charge in [0.15, 0.2) is 0 Å². The molecule has 29 heavy (non-hydrogen) atoms. The van der Waals surface area contributed by atoms with E-state index in [1.165, 1.54) is 38.2 Å². The second kappa shape index (κ2) is 13.3. The number of para-hydroxylation sites is 1. The van der Waals surface area contributed by atoms with Crippen molar-refractivity contribution >= 4 is 10.1 Å². The van der Waals surface area contributed by atoms with Crippen LogP contribution in [-0.2, 0) is 16.5 Å². The van der Waals surface area contributed by atoms with Gasteiger partial charge in [-0.3, -0.25) is 4.55 Å². The summed E-state index contributed by atoms with van der Waals surface area (Å²) in [6, 6.07) is 11.6. The standard InChI is InChI=1S/C22H30O5S.Na/c1-2-3-4-5-6-7-8-12-15-19-20(27-18-13-10-9-11-14-18)16-17-21(22(19)23)28(24,25)26;/h9-11,13-14,16-17,23H,2-8,12,15H2,1H3,(H,24,25,26);/q;+1/p-1. The first kappa shape index (κ1) is 26.0. The maximum absolute atomic E-state index is 12.6. The molecule has 0 unspecified atom stereocenters. The Morgan fingerprint density at radius 2 is 1.48 bits per heavy atom. The molecule has 0 aliphatic heterocycles. The topological polar surface area (TPSA) is 86.7 Å². The van der Waals surface area contributed by atoms with Crippen molar-refractivity contribution in [2.24, 2.45) is 0 Å². The Labute approximate surface area is 196 Å². The third-order valence-corrected chi connectivity index (χ3v) is 5.59. The first-order valence-corrected chi connectivity index (χ1v) is 11.4. The molecule has 0 heterocycles. The molecule has 0 amide bonds. The fourth-order valence-corrected chi connectivity index (χ4v) is 3.77. The predicted octanol–water partition coefficient (Wildman–Crippen LogP) is 2.49. The van der Waals surface area contributed by atoms with E-state index >= 15 is 0 Å². The van der Waals surface area contributed by atoms with Gasteiger partial charge in [-0.1, -0.05) is 75.8 Å². The van der Waals surface area contributed by atoms with Crippen LogP contribution in [0.1, 0.15) is 63.9 Å². The van der Waals surface area contributed by atoms with E-state index in [0.717, 1.165) is 25.3 Å². The second-order valence-electron chi connectivity index (χ2n) is 6.98. The van der Waals surface area contributed by atoms with E-state index in [9.17, 15) is 18.1 Å². The van der Waals surface area contributed by atoms with Crippen LogP contribution in [0.3, 0.4) is 0 Å². The van der Waals surface area contributed by atoms with Crippen LogP contribution in [0.25, 0.3) is 0 Å². The molecule has 0 saturated heterocycles. The molecule has 0 aliphatic rings. The fourth-order valence-electron chi connectivity index (χ4n) is 3.17.